The van der Waals surface area contributed by atoms with E-state index >= 15 is 0 Å². The molecular weight excluding hydrogens is 431 g/mol. The molecule has 0 bridgehead atoms. The molecule has 0 saturated carbocycles. The number of amides is 1. The highest BCUT2D eigenvalue weighted by molar-refractivity contribution is 5.98. The van der Waals surface area contributed by atoms with Crippen LogP contribution in [0.2, 0.25) is 0 Å². The van der Waals surface area contributed by atoms with E-state index in [0.29, 0.717) is 29.5 Å². The lowest BCUT2D eigenvalue weighted by atomic mass is 10.2. The number of nitrogens with zero attached hydrogens (tertiary/aromatic N) is 5. The molecule has 2 aromatic rings. The van der Waals surface area contributed by atoms with Gasteiger partial charge in [-0.2, -0.15) is 0 Å². The molecule has 11 nitrogen and oxygen atoms in total. The maximum absolute atomic E-state index is 13.9. The average Bonchev–Trinajstić information content (AvgIpc) is 2.78. The van der Waals surface area contributed by atoms with Crippen molar-refractivity contribution in [3.8, 4) is 0 Å². The van der Waals surface area contributed by atoms with Crippen LogP contribution < -0.4 is 21.9 Å². The number of carbonyl (C=O) groups excluding carboxylic acids is 1. The summed E-state index contributed by atoms with van der Waals surface area (Å²) in [5, 5.41) is 7.41. The Morgan fingerprint density at radius 3 is 2.79 bits per heavy atom. The van der Waals surface area contributed by atoms with Gasteiger partial charge in [-0.15, -0.1) is 5.10 Å². The summed E-state index contributed by atoms with van der Waals surface area (Å²) < 4.78 is 24.8. The number of hydrazone groups is 1. The topological polar surface area (TPSA) is 144 Å². The van der Waals surface area contributed by atoms with E-state index in [1.807, 2.05) is 6.92 Å². The minimum atomic E-state index is -0.578. The van der Waals surface area contributed by atoms with E-state index in [-0.39, 0.29) is 19.3 Å². The number of benzene rings is 1. The number of nitrogens with one attached hydrogen (secondary N) is 1. The van der Waals surface area contributed by atoms with Crippen molar-refractivity contribution in [3.63, 3.8) is 0 Å². The Kier molecular flexibility index (Phi) is 9.99. The quantitative estimate of drug-likeness (QED) is 0.123. The molecule has 1 heterocycles. The fraction of sp³-hybridized carbons (Fsp3) is 0.333. The third-order valence-electron chi connectivity index (χ3n) is 4.31. The maximum atomic E-state index is 13.9. The van der Waals surface area contributed by atoms with E-state index in [1.165, 1.54) is 30.1 Å². The van der Waals surface area contributed by atoms with E-state index in [9.17, 15) is 9.18 Å². The number of anilines is 2. The Bertz CT molecular complexity index is 970. The van der Waals surface area contributed by atoms with Gasteiger partial charge in [-0.25, -0.2) is 20.0 Å². The zero-order valence-corrected chi connectivity index (χ0v) is 18.7. The Morgan fingerprint density at radius 2 is 2.12 bits per heavy atom. The third kappa shape index (κ3) is 7.70. The van der Waals surface area contributed by atoms with Crippen molar-refractivity contribution in [1.82, 2.24) is 9.99 Å². The first-order chi connectivity index (χ1) is 15.9. The SMILES string of the molecule is C=Nc1ccc(F)cc1N(COCc1cccc(NC(=O)OCCCC)n1)/C(=N/N)N(C)N. The van der Waals surface area contributed by atoms with Crippen LogP contribution in [0.25, 0.3) is 0 Å². The normalized spacial score (nSPS) is 11.1. The van der Waals surface area contributed by atoms with Crippen LogP contribution in [0, 0.1) is 5.82 Å². The van der Waals surface area contributed by atoms with Gasteiger partial charge in [0.2, 0.25) is 5.96 Å². The fourth-order valence-corrected chi connectivity index (χ4v) is 2.75. The van der Waals surface area contributed by atoms with Crippen molar-refractivity contribution in [2.75, 3.05) is 30.6 Å². The summed E-state index contributed by atoms with van der Waals surface area (Å²) in [5.41, 5.74) is 1.23. The Labute approximate surface area is 191 Å². The van der Waals surface area contributed by atoms with Crippen molar-refractivity contribution in [2.45, 2.75) is 26.4 Å². The Balaban J connectivity index is 2.11. The maximum Gasteiger partial charge on any atom is 0.412 e. The van der Waals surface area contributed by atoms with Crippen LogP contribution >= 0.6 is 0 Å². The van der Waals surface area contributed by atoms with E-state index in [1.54, 1.807) is 18.2 Å². The number of pyridine rings is 1. The molecule has 0 radical (unpaired) electrons. The lowest BCUT2D eigenvalue weighted by Gasteiger charge is -2.29. The first-order valence-electron chi connectivity index (χ1n) is 10.2. The molecule has 2 rings (SSSR count). The second-order valence-corrected chi connectivity index (χ2v) is 6.87. The summed E-state index contributed by atoms with van der Waals surface area (Å²) in [6, 6.07) is 9.05. The number of hydrogen-bond donors (Lipinski definition) is 3. The van der Waals surface area contributed by atoms with E-state index in [2.05, 4.69) is 27.1 Å². The van der Waals surface area contributed by atoms with Crippen molar-refractivity contribution < 1.29 is 18.7 Å². The van der Waals surface area contributed by atoms with Gasteiger partial charge in [-0.05, 0) is 43.5 Å². The number of nitrogens with two attached hydrogens (primary N) is 2. The molecule has 0 aliphatic heterocycles. The predicted molar refractivity (Wildman–Crippen MR) is 125 cm³/mol. The van der Waals surface area contributed by atoms with Gasteiger partial charge in [-0.1, -0.05) is 19.4 Å². The fourth-order valence-electron chi connectivity index (χ4n) is 2.75. The van der Waals surface area contributed by atoms with Gasteiger partial charge in [0.1, 0.15) is 18.4 Å². The van der Waals surface area contributed by atoms with Gasteiger partial charge in [0.15, 0.2) is 0 Å². The molecule has 0 aliphatic rings. The first-order valence-corrected chi connectivity index (χ1v) is 10.2. The second kappa shape index (κ2) is 12.9. The number of hydrogen-bond acceptors (Lipinski definition) is 8. The number of aromatic nitrogens is 1. The summed E-state index contributed by atoms with van der Waals surface area (Å²) in [4.78, 5) is 21.5. The number of guanidine groups is 1. The minimum Gasteiger partial charge on any atom is -0.449 e. The highest BCUT2D eigenvalue weighted by Gasteiger charge is 2.20. The number of unbranched alkanes of at least 4 members (excludes halogenated alkanes) is 1. The zero-order valence-electron chi connectivity index (χ0n) is 18.7. The number of halogens is 1. The van der Waals surface area contributed by atoms with Crippen molar-refractivity contribution in [1.29, 1.82) is 0 Å². The van der Waals surface area contributed by atoms with Crippen LogP contribution in [0.5, 0.6) is 0 Å². The standard InChI is InChI=1S/C21H29FN8O3/c1-4-5-11-33-21(31)27-19-8-6-7-16(26-19)13-32-14-30(20(28-23)29(3)24)18-12-15(22)9-10-17(18)25-2/h6-10,12H,2,4-5,11,13-14,23-24H2,1,3H3,(H,26,27,31)/b28-20+. The number of ether oxygens (including phenoxy) is 2. The van der Waals surface area contributed by atoms with Crippen LogP contribution in [0.1, 0.15) is 25.5 Å². The molecule has 1 amide bonds. The lowest BCUT2D eigenvalue weighted by molar-refractivity contribution is 0.124. The lowest BCUT2D eigenvalue weighted by Crippen LogP contribution is -2.47. The Hall–Kier alpha value is -3.77. The molecule has 0 atom stereocenters. The van der Waals surface area contributed by atoms with E-state index in [4.69, 9.17) is 21.2 Å². The van der Waals surface area contributed by atoms with Gasteiger partial charge >= 0.3 is 6.09 Å². The second-order valence-electron chi connectivity index (χ2n) is 6.87. The molecule has 0 aliphatic carbocycles. The molecule has 0 spiro atoms. The molecule has 0 saturated heterocycles. The highest BCUT2D eigenvalue weighted by atomic mass is 19.1. The third-order valence-corrected chi connectivity index (χ3v) is 4.31. The minimum absolute atomic E-state index is 0.0647. The molecule has 33 heavy (non-hydrogen) atoms. The summed E-state index contributed by atoms with van der Waals surface area (Å²) >= 11 is 0. The smallest absolute Gasteiger partial charge is 0.412 e. The van der Waals surface area contributed by atoms with Gasteiger partial charge in [0.05, 0.1) is 30.3 Å². The van der Waals surface area contributed by atoms with Crippen LogP contribution in [0.4, 0.5) is 26.4 Å². The van der Waals surface area contributed by atoms with Gasteiger partial charge in [0, 0.05) is 7.05 Å². The van der Waals surface area contributed by atoms with Crippen LogP contribution in [-0.4, -0.2) is 49.1 Å². The largest absolute Gasteiger partial charge is 0.449 e. The summed E-state index contributed by atoms with van der Waals surface area (Å²) in [6.45, 7) is 5.80. The number of aliphatic imine (C=N–C) groups is 1. The van der Waals surface area contributed by atoms with Crippen LogP contribution in [0.15, 0.2) is 46.5 Å². The van der Waals surface area contributed by atoms with E-state index < -0.39 is 11.9 Å². The summed E-state index contributed by atoms with van der Waals surface area (Å²) in [6.07, 6.45) is 1.13. The van der Waals surface area contributed by atoms with Crippen molar-refractivity contribution >= 4 is 36.0 Å². The van der Waals surface area contributed by atoms with Gasteiger partial charge in [-0.3, -0.25) is 20.2 Å². The van der Waals surface area contributed by atoms with Crippen molar-refractivity contribution in [2.24, 2.45) is 21.8 Å². The zero-order chi connectivity index (χ0) is 24.2. The highest BCUT2D eigenvalue weighted by Crippen LogP contribution is 2.30. The number of rotatable bonds is 10. The molecular formula is C21H29FN8O3. The van der Waals surface area contributed by atoms with Crippen LogP contribution in [-0.2, 0) is 16.1 Å². The number of hydrazine groups is 1. The molecule has 12 heteroatoms. The van der Waals surface area contributed by atoms with Gasteiger partial charge in [0.25, 0.3) is 0 Å². The Morgan fingerprint density at radius 1 is 1.33 bits per heavy atom. The summed E-state index contributed by atoms with van der Waals surface area (Å²) in [5.74, 6) is 11.3. The molecule has 0 fully saturated rings. The van der Waals surface area contributed by atoms with Crippen molar-refractivity contribution in [3.05, 3.63) is 47.9 Å². The predicted octanol–water partition coefficient (Wildman–Crippen LogP) is 2.92. The molecule has 0 unspecified atom stereocenters. The molecule has 1 aromatic heterocycles. The molecule has 1 aromatic carbocycles. The van der Waals surface area contributed by atoms with Gasteiger partial charge < -0.3 is 15.3 Å². The van der Waals surface area contributed by atoms with Crippen LogP contribution in [0.3, 0.4) is 0 Å². The monoisotopic (exact) mass is 460 g/mol. The average molecular weight is 461 g/mol. The first kappa shape index (κ1) is 25.5. The molecule has 178 valence electrons. The number of carbonyl (C=O) groups is 1. The van der Waals surface area contributed by atoms with E-state index in [0.717, 1.165) is 17.9 Å². The summed E-state index contributed by atoms with van der Waals surface area (Å²) in [7, 11) is 1.52. The molecule has 5 N–H and O–H groups in total.